The van der Waals surface area contributed by atoms with Gasteiger partial charge in [0.15, 0.2) is 0 Å². The molecule has 5 nitrogen and oxygen atoms in total. The minimum Gasteiger partial charge on any atom is -0.434 e. The molecule has 1 amide bonds. The predicted octanol–water partition coefficient (Wildman–Crippen LogP) is 3.36. The number of nitrogens with one attached hydrogen (secondary N) is 1. The Hall–Kier alpha value is -2.35. The molecule has 0 atom stereocenters. The molecule has 0 radical (unpaired) electrons. The van der Waals surface area contributed by atoms with E-state index in [-0.39, 0.29) is 18.1 Å². The second-order valence-corrected chi connectivity index (χ2v) is 6.25. The zero-order valence-corrected chi connectivity index (χ0v) is 14.3. The molecule has 0 unspecified atom stereocenters. The van der Waals surface area contributed by atoms with Crippen molar-refractivity contribution in [1.29, 1.82) is 0 Å². The van der Waals surface area contributed by atoms with E-state index in [0.29, 0.717) is 22.4 Å². The van der Waals surface area contributed by atoms with Crippen LogP contribution in [-0.2, 0) is 11.2 Å². The van der Waals surface area contributed by atoms with Gasteiger partial charge in [0.25, 0.3) is 0 Å². The first-order valence-corrected chi connectivity index (χ1v) is 8.02. The maximum absolute atomic E-state index is 12.4. The smallest absolute Gasteiger partial charge is 0.387 e. The second-order valence-electron chi connectivity index (χ2n) is 5.19. The molecule has 1 aromatic heterocycles. The van der Waals surface area contributed by atoms with E-state index in [1.807, 2.05) is 12.3 Å². The standard InChI is InChI=1S/C16H17F2N3O2S/c1-9-4-12(5-10(2)15(9)23-16(17)18)7-19-21-14(22)6-13-8-24-11(3)20-13/h4-5,7-8,16H,6H2,1-3H3,(H,21,22)/b19-7-. The van der Waals surface area contributed by atoms with Gasteiger partial charge in [0.2, 0.25) is 5.91 Å². The van der Waals surface area contributed by atoms with Crippen molar-refractivity contribution < 1.29 is 18.3 Å². The normalized spacial score (nSPS) is 11.2. The number of aromatic nitrogens is 1. The third kappa shape index (κ3) is 5.09. The number of halogens is 2. The van der Waals surface area contributed by atoms with Gasteiger partial charge in [-0.25, -0.2) is 10.4 Å². The van der Waals surface area contributed by atoms with Crippen molar-refractivity contribution in [1.82, 2.24) is 10.4 Å². The average Bonchev–Trinajstić information content (AvgIpc) is 2.88. The van der Waals surface area contributed by atoms with Gasteiger partial charge in [-0.05, 0) is 49.6 Å². The summed E-state index contributed by atoms with van der Waals surface area (Å²) in [6.07, 6.45) is 1.61. The van der Waals surface area contributed by atoms with Crippen LogP contribution in [0.1, 0.15) is 27.4 Å². The Labute approximate surface area is 142 Å². The van der Waals surface area contributed by atoms with Gasteiger partial charge in [0, 0.05) is 5.38 Å². The molecule has 128 valence electrons. The van der Waals surface area contributed by atoms with E-state index in [0.717, 1.165) is 5.01 Å². The summed E-state index contributed by atoms with van der Waals surface area (Å²) in [4.78, 5) is 16.0. The maximum Gasteiger partial charge on any atom is 0.387 e. The van der Waals surface area contributed by atoms with Crippen LogP contribution in [0.5, 0.6) is 5.75 Å². The van der Waals surface area contributed by atoms with Crippen molar-refractivity contribution in [3.63, 3.8) is 0 Å². The summed E-state index contributed by atoms with van der Waals surface area (Å²) in [5, 5.41) is 6.61. The zero-order valence-electron chi connectivity index (χ0n) is 13.5. The minimum absolute atomic E-state index is 0.154. The number of hydrogen-bond acceptors (Lipinski definition) is 5. The number of thiazole rings is 1. The van der Waals surface area contributed by atoms with Crippen LogP contribution in [0.2, 0.25) is 0 Å². The minimum atomic E-state index is -2.87. The molecule has 0 aliphatic heterocycles. The first-order chi connectivity index (χ1) is 11.3. The number of hydrazone groups is 1. The Bertz CT molecular complexity index is 737. The number of carbonyl (C=O) groups excluding carboxylic acids is 1. The Kier molecular flexibility index (Phi) is 5.97. The van der Waals surface area contributed by atoms with Crippen LogP contribution in [0.3, 0.4) is 0 Å². The molecule has 0 saturated heterocycles. The number of rotatable bonds is 6. The molecule has 1 N–H and O–H groups in total. The first-order valence-electron chi connectivity index (χ1n) is 7.14. The number of amides is 1. The topological polar surface area (TPSA) is 63.6 Å². The van der Waals surface area contributed by atoms with Gasteiger partial charge in [-0.1, -0.05) is 0 Å². The van der Waals surface area contributed by atoms with Crippen LogP contribution in [0, 0.1) is 20.8 Å². The summed E-state index contributed by atoms with van der Waals surface area (Å²) in [5.41, 5.74) is 4.94. The van der Waals surface area contributed by atoms with Crippen molar-refractivity contribution in [2.24, 2.45) is 5.10 Å². The molecule has 2 rings (SSSR count). The predicted molar refractivity (Wildman–Crippen MR) is 88.8 cm³/mol. The summed E-state index contributed by atoms with van der Waals surface area (Å²) in [7, 11) is 0. The highest BCUT2D eigenvalue weighted by Crippen LogP contribution is 2.25. The average molecular weight is 353 g/mol. The molecular weight excluding hydrogens is 336 g/mol. The molecule has 0 spiro atoms. The molecular formula is C16H17F2N3O2S. The monoisotopic (exact) mass is 353 g/mol. The molecule has 0 aliphatic carbocycles. The number of alkyl halides is 2. The number of hydrogen-bond donors (Lipinski definition) is 1. The number of carbonyl (C=O) groups is 1. The third-order valence-electron chi connectivity index (χ3n) is 3.10. The number of ether oxygens (including phenoxy) is 1. The van der Waals surface area contributed by atoms with Crippen molar-refractivity contribution in [2.75, 3.05) is 0 Å². The van der Waals surface area contributed by atoms with E-state index in [4.69, 9.17) is 0 Å². The zero-order chi connectivity index (χ0) is 17.7. The second kappa shape index (κ2) is 7.96. The van der Waals surface area contributed by atoms with Crippen molar-refractivity contribution in [3.05, 3.63) is 44.9 Å². The summed E-state index contributed by atoms with van der Waals surface area (Å²) >= 11 is 1.48. The largest absolute Gasteiger partial charge is 0.434 e. The molecule has 0 aliphatic rings. The summed E-state index contributed by atoms with van der Waals surface area (Å²) in [6.45, 7) is 2.35. The van der Waals surface area contributed by atoms with E-state index in [1.165, 1.54) is 17.6 Å². The van der Waals surface area contributed by atoms with Gasteiger partial charge >= 0.3 is 6.61 Å². The summed E-state index contributed by atoms with van der Waals surface area (Å²) in [5.74, 6) is -0.118. The Morgan fingerprint density at radius 1 is 1.38 bits per heavy atom. The molecule has 8 heteroatoms. The van der Waals surface area contributed by atoms with E-state index in [9.17, 15) is 13.6 Å². The van der Waals surface area contributed by atoms with Gasteiger partial charge < -0.3 is 4.74 Å². The van der Waals surface area contributed by atoms with Gasteiger partial charge in [-0.3, -0.25) is 4.79 Å². The summed E-state index contributed by atoms with van der Waals surface area (Å²) in [6, 6.07) is 3.31. The number of aryl methyl sites for hydroxylation is 3. The van der Waals surface area contributed by atoms with E-state index < -0.39 is 6.61 Å². The SMILES string of the molecule is Cc1nc(CC(=O)N/N=C\c2cc(C)c(OC(F)F)c(C)c2)cs1. The molecule has 0 saturated carbocycles. The lowest BCUT2D eigenvalue weighted by Gasteiger charge is -2.11. The molecule has 0 fully saturated rings. The van der Waals surface area contributed by atoms with Crippen LogP contribution >= 0.6 is 11.3 Å². The quantitative estimate of drug-likeness (QED) is 0.640. The fourth-order valence-electron chi connectivity index (χ4n) is 2.21. The highest BCUT2D eigenvalue weighted by molar-refractivity contribution is 7.09. The van der Waals surface area contributed by atoms with Crippen molar-refractivity contribution in [3.8, 4) is 5.75 Å². The first kappa shape index (κ1) is 18.0. The Morgan fingerprint density at radius 2 is 2.04 bits per heavy atom. The molecule has 1 aromatic carbocycles. The highest BCUT2D eigenvalue weighted by Gasteiger charge is 2.11. The lowest BCUT2D eigenvalue weighted by atomic mass is 10.1. The van der Waals surface area contributed by atoms with Crippen molar-refractivity contribution >= 4 is 23.5 Å². The Morgan fingerprint density at radius 3 is 2.58 bits per heavy atom. The molecule has 1 heterocycles. The van der Waals surface area contributed by atoms with E-state index in [2.05, 4.69) is 20.2 Å². The fourth-order valence-corrected chi connectivity index (χ4v) is 2.82. The van der Waals surface area contributed by atoms with Gasteiger partial charge in [-0.15, -0.1) is 11.3 Å². The van der Waals surface area contributed by atoms with Crippen LogP contribution in [0.4, 0.5) is 8.78 Å². The van der Waals surface area contributed by atoms with Gasteiger partial charge in [-0.2, -0.15) is 13.9 Å². The van der Waals surface area contributed by atoms with E-state index >= 15 is 0 Å². The highest BCUT2D eigenvalue weighted by atomic mass is 32.1. The number of benzene rings is 1. The van der Waals surface area contributed by atoms with Crippen LogP contribution in [-0.4, -0.2) is 23.7 Å². The third-order valence-corrected chi connectivity index (χ3v) is 3.92. The molecule has 24 heavy (non-hydrogen) atoms. The van der Waals surface area contributed by atoms with Crippen LogP contribution in [0.25, 0.3) is 0 Å². The van der Waals surface area contributed by atoms with Crippen molar-refractivity contribution in [2.45, 2.75) is 33.8 Å². The maximum atomic E-state index is 12.4. The van der Waals surface area contributed by atoms with Gasteiger partial charge in [0.05, 0.1) is 23.3 Å². The molecule has 0 bridgehead atoms. The lowest BCUT2D eigenvalue weighted by Crippen LogP contribution is -2.20. The van der Waals surface area contributed by atoms with Gasteiger partial charge in [0.1, 0.15) is 5.75 Å². The fraction of sp³-hybridized carbons (Fsp3) is 0.312. The summed E-state index contributed by atoms with van der Waals surface area (Å²) < 4.78 is 29.2. The Balaban J connectivity index is 1.97. The van der Waals surface area contributed by atoms with E-state index in [1.54, 1.807) is 26.0 Å². The number of nitrogens with zero attached hydrogens (tertiary/aromatic N) is 2. The van der Waals surface area contributed by atoms with Crippen LogP contribution < -0.4 is 10.2 Å². The van der Waals surface area contributed by atoms with Crippen LogP contribution in [0.15, 0.2) is 22.6 Å². The lowest BCUT2D eigenvalue weighted by molar-refractivity contribution is -0.120. The molecule has 2 aromatic rings.